The SMILES string of the molecule is O=C1O[C@]2(CC[C@@H](C(=O)Nc3ccc(-c4ccccc4)nc3)CC2)c2c[n+]([O-])ccc21. The van der Waals surface area contributed by atoms with Crippen LogP contribution in [0.4, 0.5) is 5.69 Å². The van der Waals surface area contributed by atoms with Crippen LogP contribution >= 0.6 is 0 Å². The Morgan fingerprint density at radius 1 is 1.13 bits per heavy atom. The van der Waals surface area contributed by atoms with Gasteiger partial charge in [0, 0.05) is 17.5 Å². The van der Waals surface area contributed by atoms with E-state index in [1.165, 1.54) is 18.5 Å². The van der Waals surface area contributed by atoms with Crippen LogP contribution in [0.1, 0.15) is 41.6 Å². The molecule has 0 bridgehead atoms. The maximum absolute atomic E-state index is 12.8. The van der Waals surface area contributed by atoms with Gasteiger partial charge in [-0.1, -0.05) is 30.3 Å². The molecule has 2 aliphatic rings. The Morgan fingerprint density at radius 2 is 1.90 bits per heavy atom. The predicted molar refractivity (Wildman–Crippen MR) is 113 cm³/mol. The first-order chi connectivity index (χ1) is 15.0. The predicted octanol–water partition coefficient (Wildman–Crippen LogP) is 3.58. The zero-order valence-electron chi connectivity index (χ0n) is 16.8. The lowest BCUT2D eigenvalue weighted by Crippen LogP contribution is -2.37. The van der Waals surface area contributed by atoms with Gasteiger partial charge in [0.05, 0.1) is 28.7 Å². The van der Waals surface area contributed by atoms with Crippen LogP contribution in [0.5, 0.6) is 0 Å². The highest BCUT2D eigenvalue weighted by atomic mass is 16.6. The number of hydrogen-bond acceptors (Lipinski definition) is 5. The molecular weight excluding hydrogens is 394 g/mol. The molecule has 0 saturated heterocycles. The number of carbonyl (C=O) groups is 2. The second-order valence-electron chi connectivity index (χ2n) is 8.08. The van der Waals surface area contributed by atoms with Gasteiger partial charge in [-0.15, -0.1) is 0 Å². The summed E-state index contributed by atoms with van der Waals surface area (Å²) in [6, 6.07) is 15.1. The molecular formula is C24H21N3O4. The van der Waals surface area contributed by atoms with E-state index in [1.807, 2.05) is 42.5 Å². The summed E-state index contributed by atoms with van der Waals surface area (Å²) in [6.45, 7) is 0. The van der Waals surface area contributed by atoms with E-state index >= 15 is 0 Å². The molecule has 1 saturated carbocycles. The van der Waals surface area contributed by atoms with Gasteiger partial charge in [-0.3, -0.25) is 9.78 Å². The van der Waals surface area contributed by atoms with Crippen molar-refractivity contribution in [2.45, 2.75) is 31.3 Å². The van der Waals surface area contributed by atoms with Gasteiger partial charge in [0.1, 0.15) is 5.60 Å². The minimum Gasteiger partial charge on any atom is -0.619 e. The maximum Gasteiger partial charge on any atom is 0.339 e. The largest absolute Gasteiger partial charge is 0.619 e. The Hall–Kier alpha value is -3.74. The molecule has 1 aliphatic heterocycles. The third kappa shape index (κ3) is 3.52. The van der Waals surface area contributed by atoms with Gasteiger partial charge >= 0.3 is 5.97 Å². The monoisotopic (exact) mass is 415 g/mol. The number of benzene rings is 1. The van der Waals surface area contributed by atoms with Crippen molar-refractivity contribution in [1.82, 2.24) is 4.98 Å². The molecule has 1 amide bonds. The number of esters is 1. The van der Waals surface area contributed by atoms with Crippen LogP contribution in [-0.2, 0) is 15.1 Å². The van der Waals surface area contributed by atoms with E-state index in [0.29, 0.717) is 47.2 Å². The van der Waals surface area contributed by atoms with Crippen molar-refractivity contribution < 1.29 is 19.1 Å². The molecule has 7 heteroatoms. The fourth-order valence-corrected chi connectivity index (χ4v) is 4.52. The van der Waals surface area contributed by atoms with Gasteiger partial charge in [0.2, 0.25) is 5.91 Å². The quantitative estimate of drug-likeness (QED) is 0.401. The Bertz CT molecular complexity index is 1140. The average Bonchev–Trinajstić information content (AvgIpc) is 3.05. The van der Waals surface area contributed by atoms with E-state index in [1.54, 1.807) is 6.20 Å². The number of rotatable bonds is 3. The second kappa shape index (κ2) is 7.50. The molecule has 1 N–H and O–H groups in total. The number of nitrogens with one attached hydrogen (secondary N) is 1. The summed E-state index contributed by atoms with van der Waals surface area (Å²) < 4.78 is 6.37. The molecule has 3 aromatic rings. The Morgan fingerprint density at radius 3 is 2.61 bits per heavy atom. The van der Waals surface area contributed by atoms with Gasteiger partial charge < -0.3 is 15.3 Å². The Labute approximate surface area is 179 Å². The topological polar surface area (TPSA) is 95.2 Å². The van der Waals surface area contributed by atoms with Crippen molar-refractivity contribution >= 4 is 17.6 Å². The molecule has 1 aromatic carbocycles. The van der Waals surface area contributed by atoms with E-state index in [4.69, 9.17) is 4.74 Å². The summed E-state index contributed by atoms with van der Waals surface area (Å²) in [5.41, 5.74) is 2.79. The molecule has 5 rings (SSSR count). The molecule has 1 fully saturated rings. The van der Waals surface area contributed by atoms with Crippen molar-refractivity contribution in [2.24, 2.45) is 5.92 Å². The van der Waals surface area contributed by atoms with Crippen LogP contribution in [-0.4, -0.2) is 16.9 Å². The van der Waals surface area contributed by atoms with Crippen molar-refractivity contribution in [3.8, 4) is 11.3 Å². The smallest absolute Gasteiger partial charge is 0.339 e. The first-order valence-electron chi connectivity index (χ1n) is 10.3. The molecule has 1 aliphatic carbocycles. The average molecular weight is 415 g/mol. The molecule has 0 unspecified atom stereocenters. The molecule has 0 atom stereocenters. The number of hydrogen-bond donors (Lipinski definition) is 1. The van der Waals surface area contributed by atoms with Crippen LogP contribution < -0.4 is 10.0 Å². The van der Waals surface area contributed by atoms with Gasteiger partial charge in [-0.25, -0.2) is 4.79 Å². The number of nitrogens with zero attached hydrogens (tertiary/aromatic N) is 2. The third-order valence-corrected chi connectivity index (χ3v) is 6.20. The van der Waals surface area contributed by atoms with Gasteiger partial charge in [-0.2, -0.15) is 4.73 Å². The summed E-state index contributed by atoms with van der Waals surface area (Å²) in [7, 11) is 0. The number of carbonyl (C=O) groups excluding carboxylic acids is 2. The summed E-state index contributed by atoms with van der Waals surface area (Å²) in [6.07, 6.45) is 6.55. The third-order valence-electron chi connectivity index (χ3n) is 6.20. The minimum absolute atomic E-state index is 0.0689. The molecule has 3 heterocycles. The van der Waals surface area contributed by atoms with E-state index in [2.05, 4.69) is 10.3 Å². The normalized spacial score (nSPS) is 22.1. The highest BCUT2D eigenvalue weighted by Crippen LogP contribution is 2.47. The van der Waals surface area contributed by atoms with Crippen molar-refractivity contribution in [2.75, 3.05) is 5.32 Å². The van der Waals surface area contributed by atoms with Crippen molar-refractivity contribution in [3.63, 3.8) is 0 Å². The standard InChI is InChI=1S/C24H21N3O4/c28-22(26-18-6-7-21(25-14-18)16-4-2-1-3-5-16)17-8-11-24(12-9-17)20-15-27(30)13-10-19(20)23(29)31-24/h1-7,10,13-15,17H,8-9,11-12H2,(H,26,28)/t17-,24+. The zero-order chi connectivity index (χ0) is 21.4. The van der Waals surface area contributed by atoms with Crippen LogP contribution in [0, 0.1) is 11.1 Å². The fraction of sp³-hybridized carbons (Fsp3) is 0.250. The van der Waals surface area contributed by atoms with E-state index < -0.39 is 11.6 Å². The number of aromatic nitrogens is 2. The summed E-state index contributed by atoms with van der Waals surface area (Å²) in [4.78, 5) is 29.4. The summed E-state index contributed by atoms with van der Waals surface area (Å²) in [5.74, 6) is -0.658. The lowest BCUT2D eigenvalue weighted by atomic mass is 9.75. The van der Waals surface area contributed by atoms with Crippen molar-refractivity contribution in [3.05, 3.63) is 83.5 Å². The van der Waals surface area contributed by atoms with Crippen LogP contribution in [0.3, 0.4) is 0 Å². The maximum atomic E-state index is 12.8. The van der Waals surface area contributed by atoms with Gasteiger partial charge in [-0.05, 0) is 37.8 Å². The van der Waals surface area contributed by atoms with E-state index in [9.17, 15) is 14.8 Å². The first-order valence-corrected chi connectivity index (χ1v) is 10.3. The van der Waals surface area contributed by atoms with E-state index in [-0.39, 0.29) is 11.8 Å². The highest BCUT2D eigenvalue weighted by Gasteiger charge is 2.50. The highest BCUT2D eigenvalue weighted by molar-refractivity contribution is 5.95. The molecule has 0 radical (unpaired) electrons. The van der Waals surface area contributed by atoms with Gasteiger partial charge in [0.25, 0.3) is 0 Å². The molecule has 1 spiro atoms. The number of amides is 1. The second-order valence-corrected chi connectivity index (χ2v) is 8.08. The number of fused-ring (bicyclic) bond motifs is 2. The molecule has 31 heavy (non-hydrogen) atoms. The number of ether oxygens (including phenoxy) is 1. The summed E-state index contributed by atoms with van der Waals surface area (Å²) in [5, 5.41) is 14.7. The molecule has 2 aromatic heterocycles. The Balaban J connectivity index is 1.24. The summed E-state index contributed by atoms with van der Waals surface area (Å²) >= 11 is 0. The lowest BCUT2D eigenvalue weighted by molar-refractivity contribution is -0.606. The molecule has 156 valence electrons. The zero-order valence-corrected chi connectivity index (χ0v) is 16.8. The minimum atomic E-state index is -0.796. The van der Waals surface area contributed by atoms with Crippen molar-refractivity contribution in [1.29, 1.82) is 0 Å². The van der Waals surface area contributed by atoms with Crippen LogP contribution in [0.15, 0.2) is 67.1 Å². The van der Waals surface area contributed by atoms with Crippen LogP contribution in [0.2, 0.25) is 0 Å². The van der Waals surface area contributed by atoms with Gasteiger partial charge in [0.15, 0.2) is 12.4 Å². The van der Waals surface area contributed by atoms with E-state index in [0.717, 1.165) is 11.3 Å². The number of anilines is 1. The molecule has 7 nitrogen and oxygen atoms in total. The Kier molecular flexibility index (Phi) is 4.66. The first kappa shape index (κ1) is 19.2. The van der Waals surface area contributed by atoms with Crippen LogP contribution in [0.25, 0.3) is 11.3 Å². The number of pyridine rings is 2. The fourth-order valence-electron chi connectivity index (χ4n) is 4.52. The lowest BCUT2D eigenvalue weighted by Gasteiger charge is -2.35.